The van der Waals surface area contributed by atoms with E-state index in [1.807, 2.05) is 42.5 Å². The Morgan fingerprint density at radius 2 is 1.87 bits per heavy atom. The molecule has 1 amide bonds. The van der Waals surface area contributed by atoms with Crippen molar-refractivity contribution in [3.8, 4) is 22.1 Å². The van der Waals surface area contributed by atoms with Gasteiger partial charge in [0.15, 0.2) is 11.5 Å². The fraction of sp³-hybridized carbons (Fsp3) is 0.286. The smallest absolute Gasteiger partial charge is 0.231 e. The number of hydrogen-bond donors (Lipinski definition) is 1. The highest BCUT2D eigenvalue weighted by atomic mass is 35.5. The molecule has 1 saturated heterocycles. The molecular formula is C21H19ClN4O3S2. The second kappa shape index (κ2) is 9.04. The summed E-state index contributed by atoms with van der Waals surface area (Å²) in [5.74, 6) is 1.40. The number of anilines is 1. The average molecular weight is 475 g/mol. The molecule has 3 heterocycles. The third-order valence-corrected chi connectivity index (χ3v) is 7.39. The number of nitrogens with zero attached hydrogens (tertiary/aromatic N) is 3. The summed E-state index contributed by atoms with van der Waals surface area (Å²) in [5, 5.41) is 13.3. The summed E-state index contributed by atoms with van der Waals surface area (Å²) in [7, 11) is 0. The van der Waals surface area contributed by atoms with Gasteiger partial charge >= 0.3 is 0 Å². The van der Waals surface area contributed by atoms with Gasteiger partial charge in [-0.25, -0.2) is 4.31 Å². The van der Waals surface area contributed by atoms with Crippen molar-refractivity contribution in [2.45, 2.75) is 17.7 Å². The predicted molar refractivity (Wildman–Crippen MR) is 122 cm³/mol. The second-order valence-corrected chi connectivity index (χ2v) is 9.80. The monoisotopic (exact) mass is 474 g/mol. The number of ether oxygens (including phenoxy) is 2. The van der Waals surface area contributed by atoms with Crippen molar-refractivity contribution in [1.29, 1.82) is 0 Å². The molecule has 0 radical (unpaired) electrons. The summed E-state index contributed by atoms with van der Waals surface area (Å²) in [4.78, 5) is 13.9. The first-order chi connectivity index (χ1) is 15.1. The van der Waals surface area contributed by atoms with Crippen LogP contribution in [0.3, 0.4) is 0 Å². The lowest BCUT2D eigenvalue weighted by Crippen LogP contribution is -2.34. The largest absolute Gasteiger partial charge is 0.454 e. The molecule has 1 aromatic heterocycles. The molecule has 0 saturated carbocycles. The number of piperidine rings is 1. The van der Waals surface area contributed by atoms with E-state index in [-0.39, 0.29) is 18.6 Å². The summed E-state index contributed by atoms with van der Waals surface area (Å²) < 4.78 is 13.0. The van der Waals surface area contributed by atoms with E-state index in [1.54, 1.807) is 11.9 Å². The predicted octanol–water partition coefficient (Wildman–Crippen LogP) is 4.95. The van der Waals surface area contributed by atoms with Crippen molar-refractivity contribution in [3.05, 3.63) is 47.5 Å². The Morgan fingerprint density at radius 3 is 2.68 bits per heavy atom. The Balaban J connectivity index is 1.15. The molecule has 1 N–H and O–H groups in total. The van der Waals surface area contributed by atoms with E-state index in [4.69, 9.17) is 21.1 Å². The van der Waals surface area contributed by atoms with Gasteiger partial charge in [-0.1, -0.05) is 22.9 Å². The van der Waals surface area contributed by atoms with E-state index in [2.05, 4.69) is 19.8 Å². The molecule has 3 aromatic rings. The minimum Gasteiger partial charge on any atom is -0.454 e. The van der Waals surface area contributed by atoms with E-state index in [1.165, 1.54) is 11.3 Å². The van der Waals surface area contributed by atoms with Crippen LogP contribution < -0.4 is 14.8 Å². The van der Waals surface area contributed by atoms with Gasteiger partial charge in [0.2, 0.25) is 17.8 Å². The van der Waals surface area contributed by atoms with E-state index < -0.39 is 0 Å². The topological polar surface area (TPSA) is 76.6 Å². The third-order valence-electron chi connectivity index (χ3n) is 5.15. The highest BCUT2D eigenvalue weighted by molar-refractivity contribution is 7.97. The molecule has 160 valence electrons. The van der Waals surface area contributed by atoms with Gasteiger partial charge in [0.1, 0.15) is 5.01 Å². The lowest BCUT2D eigenvalue weighted by atomic mass is 9.97. The van der Waals surface area contributed by atoms with Crippen molar-refractivity contribution in [2.24, 2.45) is 5.92 Å². The summed E-state index contributed by atoms with van der Waals surface area (Å²) in [6.45, 7) is 1.93. The van der Waals surface area contributed by atoms with Crippen LogP contribution in [0.4, 0.5) is 5.13 Å². The highest BCUT2D eigenvalue weighted by Gasteiger charge is 2.26. The normalized spacial score (nSPS) is 16.4. The van der Waals surface area contributed by atoms with Crippen LogP contribution in [0, 0.1) is 5.92 Å². The number of halogens is 1. The van der Waals surface area contributed by atoms with E-state index in [0.717, 1.165) is 52.2 Å². The van der Waals surface area contributed by atoms with Crippen molar-refractivity contribution >= 4 is 45.9 Å². The Labute approximate surface area is 192 Å². The van der Waals surface area contributed by atoms with E-state index >= 15 is 0 Å². The molecule has 5 rings (SSSR count). The number of nitrogens with one attached hydrogen (secondary N) is 1. The zero-order valence-corrected chi connectivity index (χ0v) is 18.8. The van der Waals surface area contributed by atoms with Gasteiger partial charge in [0.05, 0.1) is 0 Å². The maximum Gasteiger partial charge on any atom is 0.231 e. The first kappa shape index (κ1) is 20.6. The second-order valence-electron chi connectivity index (χ2n) is 7.22. The molecule has 0 spiro atoms. The molecule has 0 bridgehead atoms. The van der Waals surface area contributed by atoms with Crippen molar-refractivity contribution in [3.63, 3.8) is 0 Å². The molecule has 2 aliphatic rings. The maximum atomic E-state index is 12.7. The van der Waals surface area contributed by atoms with Crippen molar-refractivity contribution in [1.82, 2.24) is 14.5 Å². The number of amides is 1. The molecule has 10 heteroatoms. The molecule has 31 heavy (non-hydrogen) atoms. The van der Waals surface area contributed by atoms with E-state index in [0.29, 0.717) is 10.9 Å². The Hall–Kier alpha value is -2.33. The molecule has 1 fully saturated rings. The molecule has 0 aliphatic carbocycles. The van der Waals surface area contributed by atoms with Crippen molar-refractivity contribution in [2.75, 3.05) is 25.2 Å². The number of aromatic nitrogens is 2. The highest BCUT2D eigenvalue weighted by Crippen LogP contribution is 2.37. The van der Waals surface area contributed by atoms with Crippen LogP contribution in [0.1, 0.15) is 12.8 Å². The summed E-state index contributed by atoms with van der Waals surface area (Å²) in [5.41, 5.74) is 0.884. The fourth-order valence-electron chi connectivity index (χ4n) is 3.48. The quantitative estimate of drug-likeness (QED) is 0.524. The third kappa shape index (κ3) is 4.79. The molecule has 7 nitrogen and oxygen atoms in total. The minimum absolute atomic E-state index is 0.00419. The Kier molecular flexibility index (Phi) is 5.99. The number of benzene rings is 2. The van der Waals surface area contributed by atoms with Crippen LogP contribution in [-0.4, -0.2) is 40.3 Å². The number of hydrogen-bond acceptors (Lipinski definition) is 8. The number of rotatable bonds is 5. The van der Waals surface area contributed by atoms with Crippen LogP contribution in [0.25, 0.3) is 10.6 Å². The zero-order chi connectivity index (χ0) is 21.2. The molecule has 2 aliphatic heterocycles. The van der Waals surface area contributed by atoms with Crippen LogP contribution in [-0.2, 0) is 4.79 Å². The first-order valence-corrected chi connectivity index (χ1v) is 11.8. The average Bonchev–Trinajstić information content (AvgIpc) is 3.45. The van der Waals surface area contributed by atoms with Crippen LogP contribution in [0.2, 0.25) is 5.02 Å². The van der Waals surface area contributed by atoms with E-state index in [9.17, 15) is 4.79 Å². The van der Waals surface area contributed by atoms with Gasteiger partial charge < -0.3 is 14.8 Å². The minimum atomic E-state index is -0.0278. The lowest BCUT2D eigenvalue weighted by Gasteiger charge is -2.29. The lowest BCUT2D eigenvalue weighted by molar-refractivity contribution is -0.120. The van der Waals surface area contributed by atoms with Gasteiger partial charge in [0, 0.05) is 34.5 Å². The Bertz CT molecular complexity index is 1080. The standard InChI is InChI=1S/C21H19ClN4O3S2/c22-15-2-4-16(5-3-15)31-26-9-7-13(8-10-26)19(27)23-21-25-24-20(30-21)14-1-6-17-18(11-14)29-12-28-17/h1-6,11,13H,7-10,12H2,(H,23,25,27). The van der Waals surface area contributed by atoms with Crippen LogP contribution in [0.5, 0.6) is 11.5 Å². The van der Waals surface area contributed by atoms with Crippen molar-refractivity contribution < 1.29 is 14.3 Å². The Morgan fingerprint density at radius 1 is 1.10 bits per heavy atom. The SMILES string of the molecule is O=C(Nc1nnc(-c2ccc3c(c2)OCO3)s1)C1CCN(Sc2ccc(Cl)cc2)CC1. The van der Waals surface area contributed by atoms with Gasteiger partial charge in [-0.15, -0.1) is 10.2 Å². The number of fused-ring (bicyclic) bond motifs is 1. The van der Waals surface area contributed by atoms with Gasteiger partial charge in [-0.3, -0.25) is 4.79 Å². The van der Waals surface area contributed by atoms with Gasteiger partial charge in [-0.2, -0.15) is 0 Å². The molecule has 0 atom stereocenters. The summed E-state index contributed by atoms with van der Waals surface area (Å²) >= 11 is 9.00. The number of carbonyl (C=O) groups excluding carboxylic acids is 1. The van der Waals surface area contributed by atoms with Gasteiger partial charge in [0.25, 0.3) is 0 Å². The van der Waals surface area contributed by atoms with Crippen LogP contribution >= 0.6 is 34.9 Å². The van der Waals surface area contributed by atoms with Crippen LogP contribution in [0.15, 0.2) is 47.4 Å². The number of carbonyl (C=O) groups is 1. The maximum absolute atomic E-state index is 12.7. The molecular weight excluding hydrogens is 456 g/mol. The first-order valence-electron chi connectivity index (χ1n) is 9.87. The summed E-state index contributed by atoms with van der Waals surface area (Å²) in [6, 6.07) is 13.5. The molecule has 2 aromatic carbocycles. The zero-order valence-electron chi connectivity index (χ0n) is 16.4. The van der Waals surface area contributed by atoms with Gasteiger partial charge in [-0.05, 0) is 67.3 Å². The summed E-state index contributed by atoms with van der Waals surface area (Å²) in [6.07, 6.45) is 1.61. The molecule has 0 unspecified atom stereocenters. The fourth-order valence-corrected chi connectivity index (χ4v) is 5.30.